The Labute approximate surface area is 251 Å². The van der Waals surface area contributed by atoms with Crippen molar-refractivity contribution in [2.45, 2.75) is 31.2 Å². The van der Waals surface area contributed by atoms with E-state index in [1.807, 2.05) is 0 Å². The van der Waals surface area contributed by atoms with Crippen molar-refractivity contribution in [3.63, 3.8) is 0 Å². The number of carbonyl (C=O) groups is 4. The summed E-state index contributed by atoms with van der Waals surface area (Å²) in [6.45, 7) is 0.364. The van der Waals surface area contributed by atoms with Gasteiger partial charge in [0, 0.05) is 41.1 Å². The van der Waals surface area contributed by atoms with Gasteiger partial charge in [-0.2, -0.15) is 4.68 Å². The number of halogens is 1. The van der Waals surface area contributed by atoms with Gasteiger partial charge in [0.25, 0.3) is 0 Å². The third-order valence-corrected chi connectivity index (χ3v) is 7.67. The van der Waals surface area contributed by atoms with Gasteiger partial charge in [0.1, 0.15) is 6.33 Å². The topological polar surface area (TPSA) is 161 Å². The molecule has 3 N–H and O–H groups in total. The largest absolute Gasteiger partial charge is 0.478 e. The standard InChI is InChI=1S/C31H27ClN6O5/c32-24-12-13-26(38-18-34-35-36-38)23(17-24)11-14-28(40)37-15-1-2-25(20-7-9-21(10-8-20)30(33)41)29(37)27(39)16-19-3-5-22(6-4-19)31(42)43/h3-14,17-18,25,29H,1-2,15-16H2,(H2,33,41)(H,42,43)/b14-11+. The van der Waals surface area contributed by atoms with Crippen molar-refractivity contribution in [2.24, 2.45) is 5.73 Å². The van der Waals surface area contributed by atoms with Crippen molar-refractivity contribution in [3.8, 4) is 5.69 Å². The van der Waals surface area contributed by atoms with E-state index in [9.17, 15) is 24.3 Å². The molecule has 2 unspecified atom stereocenters. The van der Waals surface area contributed by atoms with E-state index in [-0.39, 0.29) is 29.6 Å². The van der Waals surface area contributed by atoms with Gasteiger partial charge in [-0.25, -0.2) is 4.79 Å². The zero-order valence-electron chi connectivity index (χ0n) is 22.8. The molecule has 1 saturated heterocycles. The maximum Gasteiger partial charge on any atom is 0.335 e. The van der Waals surface area contributed by atoms with Crippen LogP contribution in [-0.4, -0.2) is 66.4 Å². The Hall–Kier alpha value is -5.16. The number of benzene rings is 3. The fourth-order valence-electron chi connectivity index (χ4n) is 5.35. The van der Waals surface area contributed by atoms with Crippen LogP contribution in [0.5, 0.6) is 0 Å². The van der Waals surface area contributed by atoms with Crippen LogP contribution in [0.3, 0.4) is 0 Å². The Kier molecular flexibility index (Phi) is 8.72. The minimum Gasteiger partial charge on any atom is -0.478 e. The number of carboxylic acids is 1. The van der Waals surface area contributed by atoms with E-state index in [0.29, 0.717) is 46.8 Å². The molecule has 4 aromatic rings. The van der Waals surface area contributed by atoms with Gasteiger partial charge in [0.2, 0.25) is 11.8 Å². The lowest BCUT2D eigenvalue weighted by Gasteiger charge is -2.40. The number of tetrazole rings is 1. The predicted octanol–water partition coefficient (Wildman–Crippen LogP) is 3.71. The highest BCUT2D eigenvalue weighted by Gasteiger charge is 2.39. The first-order chi connectivity index (χ1) is 20.7. The Morgan fingerprint density at radius 2 is 1.72 bits per heavy atom. The van der Waals surface area contributed by atoms with E-state index in [2.05, 4.69) is 15.5 Å². The number of carboxylic acid groups (broad SMARTS) is 1. The maximum atomic E-state index is 13.9. The fourth-order valence-corrected chi connectivity index (χ4v) is 5.53. The number of nitrogens with two attached hydrogens (primary N) is 1. The lowest BCUT2D eigenvalue weighted by atomic mass is 9.80. The number of amides is 2. The highest BCUT2D eigenvalue weighted by molar-refractivity contribution is 6.30. The average Bonchev–Trinajstić information content (AvgIpc) is 3.55. The van der Waals surface area contributed by atoms with Crippen LogP contribution in [-0.2, 0) is 16.0 Å². The monoisotopic (exact) mass is 598 g/mol. The van der Waals surface area contributed by atoms with Gasteiger partial charge in [-0.1, -0.05) is 35.9 Å². The number of carbonyl (C=O) groups excluding carboxylic acids is 3. The van der Waals surface area contributed by atoms with Crippen molar-refractivity contribution in [2.75, 3.05) is 6.54 Å². The summed E-state index contributed by atoms with van der Waals surface area (Å²) < 4.78 is 1.45. The van der Waals surface area contributed by atoms with Gasteiger partial charge in [-0.05, 0) is 82.9 Å². The second-order valence-corrected chi connectivity index (χ2v) is 10.6. The Morgan fingerprint density at radius 1 is 1.00 bits per heavy atom. The maximum absolute atomic E-state index is 13.9. The number of hydrogen-bond donors (Lipinski definition) is 2. The second-order valence-electron chi connectivity index (χ2n) is 10.1. The molecule has 1 aliphatic rings. The van der Waals surface area contributed by atoms with E-state index < -0.39 is 17.9 Å². The van der Waals surface area contributed by atoms with E-state index in [0.717, 1.165) is 5.56 Å². The molecule has 5 rings (SSSR count). The highest BCUT2D eigenvalue weighted by Crippen LogP contribution is 2.34. The van der Waals surface area contributed by atoms with Gasteiger partial charge in [-0.15, -0.1) is 5.10 Å². The molecule has 1 fully saturated rings. The molecule has 0 saturated carbocycles. The number of rotatable bonds is 9. The smallest absolute Gasteiger partial charge is 0.335 e. The Morgan fingerprint density at radius 3 is 2.37 bits per heavy atom. The first-order valence-electron chi connectivity index (χ1n) is 13.5. The summed E-state index contributed by atoms with van der Waals surface area (Å²) in [4.78, 5) is 52.2. The summed E-state index contributed by atoms with van der Waals surface area (Å²) in [5.74, 6) is -2.50. The molecule has 1 aliphatic heterocycles. The van der Waals surface area contributed by atoms with Crippen LogP contribution in [0.4, 0.5) is 0 Å². The number of piperidine rings is 1. The van der Waals surface area contributed by atoms with Crippen molar-refractivity contribution in [1.29, 1.82) is 0 Å². The number of likely N-dealkylation sites (tertiary alicyclic amines) is 1. The van der Waals surface area contributed by atoms with E-state index in [4.69, 9.17) is 17.3 Å². The van der Waals surface area contributed by atoms with E-state index in [1.54, 1.807) is 65.6 Å². The number of primary amides is 1. The summed E-state index contributed by atoms with van der Waals surface area (Å²) in [7, 11) is 0. The summed E-state index contributed by atoms with van der Waals surface area (Å²) in [6.07, 6.45) is 5.76. The van der Waals surface area contributed by atoms with Crippen LogP contribution in [0.1, 0.15) is 56.2 Å². The summed E-state index contributed by atoms with van der Waals surface area (Å²) in [5, 5.41) is 20.9. The van der Waals surface area contributed by atoms with Crippen LogP contribution >= 0.6 is 11.6 Å². The normalized spacial score (nSPS) is 16.7. The Balaban J connectivity index is 1.46. The molecule has 0 spiro atoms. The van der Waals surface area contributed by atoms with E-state index >= 15 is 0 Å². The zero-order valence-corrected chi connectivity index (χ0v) is 23.6. The number of ketones is 1. The van der Waals surface area contributed by atoms with Crippen molar-refractivity contribution >= 4 is 41.2 Å². The third-order valence-electron chi connectivity index (χ3n) is 7.44. The second kappa shape index (κ2) is 12.8. The van der Waals surface area contributed by atoms with Gasteiger partial charge in [0.05, 0.1) is 17.3 Å². The Bertz CT molecular complexity index is 1690. The number of aromatic nitrogens is 4. The predicted molar refractivity (Wildman–Crippen MR) is 158 cm³/mol. The van der Waals surface area contributed by atoms with Gasteiger partial charge < -0.3 is 15.7 Å². The lowest BCUT2D eigenvalue weighted by molar-refractivity contribution is -0.138. The molecule has 2 heterocycles. The molecule has 2 amide bonds. The fraction of sp³-hybridized carbons (Fsp3) is 0.194. The number of aromatic carboxylic acids is 1. The van der Waals surface area contributed by atoms with Gasteiger partial charge >= 0.3 is 5.97 Å². The SMILES string of the molecule is NC(=O)c1ccc(C2CCCN(C(=O)/C=C/c3cc(Cl)ccc3-n3cnnn3)C2C(=O)Cc2ccc(C(=O)O)cc2)cc1. The quantitative estimate of drug-likeness (QED) is 0.276. The van der Waals surface area contributed by atoms with Crippen LogP contribution in [0, 0.1) is 0 Å². The number of nitrogens with zero attached hydrogens (tertiary/aromatic N) is 5. The summed E-state index contributed by atoms with van der Waals surface area (Å²) in [5.41, 5.74) is 8.53. The van der Waals surface area contributed by atoms with Crippen molar-refractivity contribution in [3.05, 3.63) is 112 Å². The first kappa shape index (κ1) is 29.3. The molecule has 0 bridgehead atoms. The molecule has 2 atom stereocenters. The molecule has 43 heavy (non-hydrogen) atoms. The summed E-state index contributed by atoms with van der Waals surface area (Å²) >= 11 is 6.23. The minimum absolute atomic E-state index is 0.00562. The molecule has 3 aromatic carbocycles. The number of hydrogen-bond acceptors (Lipinski definition) is 7. The zero-order chi connectivity index (χ0) is 30.5. The van der Waals surface area contributed by atoms with E-state index in [1.165, 1.54) is 29.2 Å². The van der Waals surface area contributed by atoms with Crippen molar-refractivity contribution in [1.82, 2.24) is 25.1 Å². The van der Waals surface area contributed by atoms with Crippen LogP contribution in [0.15, 0.2) is 79.1 Å². The number of Topliss-reactive ketones (excluding diaryl/α,β-unsaturated/α-hetero) is 1. The first-order valence-corrected chi connectivity index (χ1v) is 13.9. The average molecular weight is 599 g/mol. The highest BCUT2D eigenvalue weighted by atomic mass is 35.5. The van der Waals surface area contributed by atoms with Crippen LogP contribution < -0.4 is 5.73 Å². The molecule has 218 valence electrons. The van der Waals surface area contributed by atoms with Gasteiger partial charge in [-0.3, -0.25) is 14.4 Å². The molecule has 12 heteroatoms. The van der Waals surface area contributed by atoms with Gasteiger partial charge in [0.15, 0.2) is 5.78 Å². The lowest BCUT2D eigenvalue weighted by Crippen LogP contribution is -2.51. The molecule has 0 aliphatic carbocycles. The summed E-state index contributed by atoms with van der Waals surface area (Å²) in [6, 6.07) is 17.2. The minimum atomic E-state index is -1.06. The van der Waals surface area contributed by atoms with Crippen LogP contribution in [0.25, 0.3) is 11.8 Å². The molecular formula is C31H27ClN6O5. The molecular weight excluding hydrogens is 572 g/mol. The molecule has 11 nitrogen and oxygen atoms in total. The molecule has 0 radical (unpaired) electrons. The van der Waals surface area contributed by atoms with Crippen LogP contribution in [0.2, 0.25) is 5.02 Å². The van der Waals surface area contributed by atoms with Crippen molar-refractivity contribution < 1.29 is 24.3 Å². The third kappa shape index (κ3) is 6.68. The molecule has 1 aromatic heterocycles.